The van der Waals surface area contributed by atoms with Gasteiger partial charge in [0.15, 0.2) is 23.0 Å². The summed E-state index contributed by atoms with van der Waals surface area (Å²) < 4.78 is 11.4. The minimum absolute atomic E-state index is 0.0640. The molecule has 186 valence electrons. The molecule has 0 saturated carbocycles. The standard InChI is InChI=1S/C30H30O6/c1-3-35-27-17-21(13-19-5-9-23(31)10-6-19)15-25(29(27)33)26-16-22(18-28(30(26)34)36-4-2)14-20-7-11-24(32)12-8-20/h5-12,15-18,31-34H,3-4,13-14H2,1-2H3. The lowest BCUT2D eigenvalue weighted by atomic mass is 9.94. The minimum atomic E-state index is -0.0640. The van der Waals surface area contributed by atoms with Crippen LogP contribution in [-0.2, 0) is 12.8 Å². The zero-order chi connectivity index (χ0) is 25.7. The van der Waals surface area contributed by atoms with Gasteiger partial charge in [0.25, 0.3) is 0 Å². The van der Waals surface area contributed by atoms with E-state index in [0.717, 1.165) is 22.3 Å². The van der Waals surface area contributed by atoms with E-state index in [1.807, 2.05) is 50.2 Å². The maximum absolute atomic E-state index is 11.1. The van der Waals surface area contributed by atoms with Crippen LogP contribution in [0, 0.1) is 0 Å². The Kier molecular flexibility index (Phi) is 7.54. The summed E-state index contributed by atoms with van der Waals surface area (Å²) in [5.41, 5.74) is 4.57. The van der Waals surface area contributed by atoms with E-state index in [9.17, 15) is 20.4 Å². The summed E-state index contributed by atoms with van der Waals surface area (Å²) in [5.74, 6) is 0.907. The second-order valence-corrected chi connectivity index (χ2v) is 8.53. The number of benzene rings is 4. The van der Waals surface area contributed by atoms with Crippen molar-refractivity contribution in [2.24, 2.45) is 0 Å². The lowest BCUT2D eigenvalue weighted by molar-refractivity contribution is 0.316. The van der Waals surface area contributed by atoms with Crippen molar-refractivity contribution in [2.45, 2.75) is 26.7 Å². The lowest BCUT2D eigenvalue weighted by Crippen LogP contribution is -1.99. The molecule has 4 N–H and O–H groups in total. The van der Waals surface area contributed by atoms with Crippen LogP contribution in [-0.4, -0.2) is 33.6 Å². The summed E-state index contributed by atoms with van der Waals surface area (Å²) in [4.78, 5) is 0. The molecular weight excluding hydrogens is 456 g/mol. The third kappa shape index (κ3) is 5.66. The van der Waals surface area contributed by atoms with E-state index in [4.69, 9.17) is 9.47 Å². The molecule has 0 aromatic heterocycles. The highest BCUT2D eigenvalue weighted by molar-refractivity contribution is 5.81. The van der Waals surface area contributed by atoms with Gasteiger partial charge in [0.2, 0.25) is 0 Å². The van der Waals surface area contributed by atoms with E-state index in [-0.39, 0.29) is 23.0 Å². The average molecular weight is 487 g/mol. The van der Waals surface area contributed by atoms with Gasteiger partial charge in [-0.1, -0.05) is 24.3 Å². The van der Waals surface area contributed by atoms with Crippen molar-refractivity contribution in [3.05, 3.63) is 95.1 Å². The number of aromatic hydroxyl groups is 4. The number of phenolic OH excluding ortho intramolecular Hbond substituents is 4. The van der Waals surface area contributed by atoms with Gasteiger partial charge in [0.05, 0.1) is 13.2 Å². The number of ether oxygens (including phenoxy) is 2. The van der Waals surface area contributed by atoms with Gasteiger partial charge in [-0.05, 0) is 97.5 Å². The molecule has 0 aliphatic rings. The molecule has 0 aliphatic heterocycles. The Balaban J connectivity index is 1.82. The molecule has 0 saturated heterocycles. The second-order valence-electron chi connectivity index (χ2n) is 8.53. The molecule has 36 heavy (non-hydrogen) atoms. The molecule has 0 heterocycles. The van der Waals surface area contributed by atoms with Crippen molar-refractivity contribution in [3.63, 3.8) is 0 Å². The second kappa shape index (κ2) is 11.0. The Morgan fingerprint density at radius 2 is 0.861 bits per heavy atom. The minimum Gasteiger partial charge on any atom is -0.508 e. The number of phenols is 4. The van der Waals surface area contributed by atoms with Gasteiger partial charge in [-0.25, -0.2) is 0 Å². The first-order chi connectivity index (χ1) is 17.4. The van der Waals surface area contributed by atoms with Gasteiger partial charge in [-0.2, -0.15) is 0 Å². The van der Waals surface area contributed by atoms with Crippen LogP contribution in [0.5, 0.6) is 34.5 Å². The van der Waals surface area contributed by atoms with Crippen molar-refractivity contribution in [2.75, 3.05) is 13.2 Å². The van der Waals surface area contributed by atoms with Crippen LogP contribution in [0.15, 0.2) is 72.8 Å². The predicted molar refractivity (Wildman–Crippen MR) is 139 cm³/mol. The summed E-state index contributed by atoms with van der Waals surface area (Å²) in [6, 6.07) is 21.1. The molecule has 6 nitrogen and oxygen atoms in total. The third-order valence-corrected chi connectivity index (χ3v) is 5.85. The molecule has 4 rings (SSSR count). The summed E-state index contributed by atoms with van der Waals surface area (Å²) in [6.07, 6.45) is 1.08. The van der Waals surface area contributed by atoms with Gasteiger partial charge < -0.3 is 29.9 Å². The highest BCUT2D eigenvalue weighted by atomic mass is 16.5. The van der Waals surface area contributed by atoms with Crippen LogP contribution >= 0.6 is 0 Å². The molecule has 0 amide bonds. The summed E-state index contributed by atoms with van der Waals surface area (Å²) in [5, 5.41) is 41.5. The molecular formula is C30H30O6. The Labute approximate surface area is 210 Å². The first-order valence-corrected chi connectivity index (χ1v) is 11.9. The number of hydrogen-bond acceptors (Lipinski definition) is 6. The molecule has 0 unspecified atom stereocenters. The number of rotatable bonds is 9. The third-order valence-electron chi connectivity index (χ3n) is 5.85. The van der Waals surface area contributed by atoms with E-state index < -0.39 is 0 Å². The zero-order valence-electron chi connectivity index (χ0n) is 20.4. The van der Waals surface area contributed by atoms with E-state index in [1.54, 1.807) is 36.4 Å². The van der Waals surface area contributed by atoms with Gasteiger partial charge in [0.1, 0.15) is 11.5 Å². The van der Waals surface area contributed by atoms with Crippen molar-refractivity contribution in [1.82, 2.24) is 0 Å². The normalized spacial score (nSPS) is 10.8. The molecule has 0 aliphatic carbocycles. The topological polar surface area (TPSA) is 99.4 Å². The van der Waals surface area contributed by atoms with Gasteiger partial charge in [0, 0.05) is 11.1 Å². The Hall–Kier alpha value is -4.32. The molecule has 0 spiro atoms. The summed E-state index contributed by atoms with van der Waals surface area (Å²) >= 11 is 0. The van der Waals surface area contributed by atoms with Crippen LogP contribution in [0.2, 0.25) is 0 Å². The fourth-order valence-corrected chi connectivity index (χ4v) is 4.17. The fourth-order valence-electron chi connectivity index (χ4n) is 4.17. The molecule has 4 aromatic rings. The summed E-state index contributed by atoms with van der Waals surface area (Å²) in [6.45, 7) is 4.42. The largest absolute Gasteiger partial charge is 0.508 e. The zero-order valence-corrected chi connectivity index (χ0v) is 20.4. The van der Waals surface area contributed by atoms with E-state index in [1.165, 1.54) is 0 Å². The lowest BCUT2D eigenvalue weighted by Gasteiger charge is -2.17. The molecule has 0 fully saturated rings. The smallest absolute Gasteiger partial charge is 0.165 e. The Bertz CT molecular complexity index is 1220. The quantitative estimate of drug-likeness (QED) is 0.226. The van der Waals surface area contributed by atoms with E-state index in [2.05, 4.69) is 0 Å². The van der Waals surface area contributed by atoms with Gasteiger partial charge in [-0.15, -0.1) is 0 Å². The first-order valence-electron chi connectivity index (χ1n) is 11.9. The molecule has 0 atom stereocenters. The van der Waals surface area contributed by atoms with Gasteiger partial charge in [-0.3, -0.25) is 0 Å². The molecule has 4 aromatic carbocycles. The first kappa shape index (κ1) is 24.8. The maximum Gasteiger partial charge on any atom is 0.165 e. The monoisotopic (exact) mass is 486 g/mol. The highest BCUT2D eigenvalue weighted by Gasteiger charge is 2.20. The summed E-state index contributed by atoms with van der Waals surface area (Å²) in [7, 11) is 0. The van der Waals surface area contributed by atoms with Crippen LogP contribution < -0.4 is 9.47 Å². The van der Waals surface area contributed by atoms with Crippen LogP contribution in [0.4, 0.5) is 0 Å². The molecule has 0 bridgehead atoms. The van der Waals surface area contributed by atoms with Crippen molar-refractivity contribution in [3.8, 4) is 45.6 Å². The Morgan fingerprint density at radius 3 is 1.19 bits per heavy atom. The van der Waals surface area contributed by atoms with Crippen LogP contribution in [0.3, 0.4) is 0 Å². The highest BCUT2D eigenvalue weighted by Crippen LogP contribution is 2.46. The van der Waals surface area contributed by atoms with E-state index >= 15 is 0 Å². The molecule has 6 heteroatoms. The van der Waals surface area contributed by atoms with Crippen molar-refractivity contribution >= 4 is 0 Å². The fraction of sp³-hybridized carbons (Fsp3) is 0.200. The predicted octanol–water partition coefficient (Wildman–Crippen LogP) is 6.16. The van der Waals surface area contributed by atoms with Crippen molar-refractivity contribution in [1.29, 1.82) is 0 Å². The Morgan fingerprint density at radius 1 is 0.500 bits per heavy atom. The van der Waals surface area contributed by atoms with Crippen molar-refractivity contribution < 1.29 is 29.9 Å². The maximum atomic E-state index is 11.1. The molecule has 0 radical (unpaired) electrons. The van der Waals surface area contributed by atoms with Crippen LogP contribution in [0.1, 0.15) is 36.1 Å². The number of hydrogen-bond donors (Lipinski definition) is 4. The van der Waals surface area contributed by atoms with Crippen LogP contribution in [0.25, 0.3) is 11.1 Å². The average Bonchev–Trinajstić information content (AvgIpc) is 2.86. The van der Waals surface area contributed by atoms with Gasteiger partial charge >= 0.3 is 0 Å². The SMILES string of the molecule is CCOc1cc(Cc2ccc(O)cc2)cc(-c2cc(Cc3ccc(O)cc3)cc(OCC)c2O)c1O. The van der Waals surface area contributed by atoms with E-state index in [0.29, 0.717) is 48.7 Å².